The molecule has 1 aromatic heterocycles. The lowest BCUT2D eigenvalue weighted by molar-refractivity contribution is -0.117. The highest BCUT2D eigenvalue weighted by Crippen LogP contribution is 2.38. The SMILES string of the molecule is CC(=O)C(c1ccc(O)c(C)c1)c1nc(-c2ccc(Cl)cc2O)oc1C(C)C. The van der Waals surface area contributed by atoms with Crippen molar-refractivity contribution in [3.8, 4) is 23.0 Å². The highest BCUT2D eigenvalue weighted by molar-refractivity contribution is 6.30. The Bertz CT molecular complexity index is 1040. The number of carbonyl (C=O) groups excluding carboxylic acids is 1. The van der Waals surface area contributed by atoms with E-state index in [0.717, 1.165) is 5.56 Å². The van der Waals surface area contributed by atoms with Crippen LogP contribution in [0, 0.1) is 6.92 Å². The molecule has 0 saturated carbocycles. The first-order chi connectivity index (χ1) is 13.2. The highest BCUT2D eigenvalue weighted by Gasteiger charge is 2.30. The van der Waals surface area contributed by atoms with Crippen LogP contribution in [-0.4, -0.2) is 21.0 Å². The number of hydrogen-bond donors (Lipinski definition) is 2. The Balaban J connectivity index is 2.18. The van der Waals surface area contributed by atoms with Crippen LogP contribution >= 0.6 is 11.6 Å². The number of ketones is 1. The summed E-state index contributed by atoms with van der Waals surface area (Å²) in [6, 6.07) is 9.75. The van der Waals surface area contributed by atoms with Crippen molar-refractivity contribution >= 4 is 17.4 Å². The van der Waals surface area contributed by atoms with E-state index in [-0.39, 0.29) is 29.1 Å². The lowest BCUT2D eigenvalue weighted by Gasteiger charge is -2.15. The number of nitrogens with zero attached hydrogens (tertiary/aromatic N) is 1. The van der Waals surface area contributed by atoms with E-state index in [1.807, 2.05) is 13.8 Å². The van der Waals surface area contributed by atoms with Gasteiger partial charge in [-0.15, -0.1) is 0 Å². The molecule has 0 radical (unpaired) electrons. The summed E-state index contributed by atoms with van der Waals surface area (Å²) in [6.07, 6.45) is 0. The minimum Gasteiger partial charge on any atom is -0.508 e. The van der Waals surface area contributed by atoms with Crippen LogP contribution in [0.4, 0.5) is 0 Å². The van der Waals surface area contributed by atoms with Gasteiger partial charge >= 0.3 is 0 Å². The Morgan fingerprint density at radius 2 is 1.82 bits per heavy atom. The maximum absolute atomic E-state index is 12.6. The smallest absolute Gasteiger partial charge is 0.230 e. The van der Waals surface area contributed by atoms with E-state index in [4.69, 9.17) is 16.0 Å². The summed E-state index contributed by atoms with van der Waals surface area (Å²) in [5, 5.41) is 20.5. The fraction of sp³-hybridized carbons (Fsp3) is 0.273. The lowest BCUT2D eigenvalue weighted by Crippen LogP contribution is -2.13. The fourth-order valence-electron chi connectivity index (χ4n) is 3.21. The molecular formula is C22H22ClNO4. The zero-order valence-corrected chi connectivity index (χ0v) is 16.9. The van der Waals surface area contributed by atoms with Crippen molar-refractivity contribution in [2.75, 3.05) is 0 Å². The van der Waals surface area contributed by atoms with Gasteiger partial charge in [-0.3, -0.25) is 4.79 Å². The van der Waals surface area contributed by atoms with Gasteiger partial charge in [0.05, 0.1) is 17.2 Å². The van der Waals surface area contributed by atoms with Crippen LogP contribution in [0.1, 0.15) is 55.2 Å². The zero-order chi connectivity index (χ0) is 20.6. The molecule has 0 saturated heterocycles. The number of halogens is 1. The van der Waals surface area contributed by atoms with Crippen LogP contribution in [0.3, 0.4) is 0 Å². The van der Waals surface area contributed by atoms with Crippen LogP contribution < -0.4 is 0 Å². The molecule has 0 aliphatic heterocycles. The Kier molecular flexibility index (Phi) is 5.47. The minimum absolute atomic E-state index is 0.0224. The molecule has 5 nitrogen and oxygen atoms in total. The van der Waals surface area contributed by atoms with Crippen molar-refractivity contribution in [3.63, 3.8) is 0 Å². The number of benzene rings is 2. The van der Waals surface area contributed by atoms with Gasteiger partial charge in [0, 0.05) is 10.9 Å². The van der Waals surface area contributed by atoms with Gasteiger partial charge in [-0.2, -0.15) is 0 Å². The molecule has 2 aromatic carbocycles. The molecular weight excluding hydrogens is 378 g/mol. The Hall–Kier alpha value is -2.79. The first-order valence-corrected chi connectivity index (χ1v) is 9.36. The van der Waals surface area contributed by atoms with E-state index in [2.05, 4.69) is 4.98 Å². The van der Waals surface area contributed by atoms with Crippen LogP contribution in [0.25, 0.3) is 11.5 Å². The second-order valence-electron chi connectivity index (χ2n) is 7.17. The van der Waals surface area contributed by atoms with Gasteiger partial charge < -0.3 is 14.6 Å². The maximum Gasteiger partial charge on any atom is 0.230 e. The van der Waals surface area contributed by atoms with Crippen molar-refractivity contribution in [1.29, 1.82) is 0 Å². The van der Waals surface area contributed by atoms with Crippen LogP contribution in [0.15, 0.2) is 40.8 Å². The Morgan fingerprint density at radius 1 is 1.11 bits per heavy atom. The van der Waals surface area contributed by atoms with Crippen LogP contribution in [0.5, 0.6) is 11.5 Å². The average molecular weight is 400 g/mol. The number of oxazole rings is 1. The van der Waals surface area contributed by atoms with Gasteiger partial charge in [0.25, 0.3) is 0 Å². The van der Waals surface area contributed by atoms with Crippen molar-refractivity contribution in [3.05, 3.63) is 64.0 Å². The van der Waals surface area contributed by atoms with E-state index in [1.165, 1.54) is 13.0 Å². The summed E-state index contributed by atoms with van der Waals surface area (Å²) in [5.41, 5.74) is 2.32. The normalized spacial score (nSPS) is 12.4. The minimum atomic E-state index is -0.636. The molecule has 28 heavy (non-hydrogen) atoms. The molecule has 0 bridgehead atoms. The summed E-state index contributed by atoms with van der Waals surface area (Å²) in [4.78, 5) is 17.2. The van der Waals surface area contributed by atoms with Crippen LogP contribution in [-0.2, 0) is 4.79 Å². The summed E-state index contributed by atoms with van der Waals surface area (Å²) >= 11 is 5.91. The monoisotopic (exact) mass is 399 g/mol. The molecule has 2 N–H and O–H groups in total. The third-order valence-electron chi connectivity index (χ3n) is 4.63. The summed E-state index contributed by atoms with van der Waals surface area (Å²) in [5.74, 6) is 0.184. The van der Waals surface area contributed by atoms with E-state index in [1.54, 1.807) is 37.3 Å². The van der Waals surface area contributed by atoms with E-state index in [0.29, 0.717) is 27.6 Å². The van der Waals surface area contributed by atoms with Gasteiger partial charge in [0.1, 0.15) is 23.0 Å². The summed E-state index contributed by atoms with van der Waals surface area (Å²) in [7, 11) is 0. The number of aryl methyl sites for hydroxylation is 1. The maximum atomic E-state index is 12.6. The number of rotatable bonds is 5. The zero-order valence-electron chi connectivity index (χ0n) is 16.2. The van der Waals surface area contributed by atoms with Crippen molar-refractivity contribution in [1.82, 2.24) is 4.98 Å². The molecule has 1 atom stereocenters. The molecule has 0 fully saturated rings. The van der Waals surface area contributed by atoms with Gasteiger partial charge in [-0.05, 0) is 49.2 Å². The molecule has 0 amide bonds. The number of hydrogen-bond acceptors (Lipinski definition) is 5. The topological polar surface area (TPSA) is 83.6 Å². The summed E-state index contributed by atoms with van der Waals surface area (Å²) < 4.78 is 5.97. The average Bonchev–Trinajstić information content (AvgIpc) is 3.02. The fourth-order valence-corrected chi connectivity index (χ4v) is 3.37. The molecule has 146 valence electrons. The second-order valence-corrected chi connectivity index (χ2v) is 7.61. The largest absolute Gasteiger partial charge is 0.508 e. The second kappa shape index (κ2) is 7.68. The van der Waals surface area contributed by atoms with Crippen LogP contribution in [0.2, 0.25) is 5.02 Å². The van der Waals surface area contributed by atoms with Gasteiger partial charge in [0.2, 0.25) is 5.89 Å². The van der Waals surface area contributed by atoms with Gasteiger partial charge in [-0.25, -0.2) is 4.98 Å². The van der Waals surface area contributed by atoms with Gasteiger partial charge in [-0.1, -0.05) is 37.6 Å². The van der Waals surface area contributed by atoms with E-state index in [9.17, 15) is 15.0 Å². The number of Topliss-reactive ketones (excluding diaryl/α,β-unsaturated/α-hetero) is 1. The van der Waals surface area contributed by atoms with E-state index >= 15 is 0 Å². The quantitative estimate of drug-likeness (QED) is 0.586. The van der Waals surface area contributed by atoms with Crippen molar-refractivity contribution < 1.29 is 19.4 Å². The standard InChI is InChI=1S/C22H22ClNO4/c1-11(2)21-20(19(13(4)25)14-5-8-17(26)12(3)9-14)24-22(28-21)16-7-6-15(23)10-18(16)27/h5-11,19,26-27H,1-4H3. The number of aromatic nitrogens is 1. The highest BCUT2D eigenvalue weighted by atomic mass is 35.5. The first kappa shape index (κ1) is 20.0. The predicted octanol–water partition coefficient (Wildman–Crippen LogP) is 5.56. The van der Waals surface area contributed by atoms with Crippen molar-refractivity contribution in [2.24, 2.45) is 0 Å². The van der Waals surface area contributed by atoms with E-state index < -0.39 is 5.92 Å². The molecule has 1 heterocycles. The molecule has 3 aromatic rings. The summed E-state index contributed by atoms with van der Waals surface area (Å²) in [6.45, 7) is 7.19. The van der Waals surface area contributed by atoms with Gasteiger partial charge in [0.15, 0.2) is 0 Å². The molecule has 1 unspecified atom stereocenters. The number of phenolic OH excluding ortho intramolecular Hbond substituents is 2. The lowest BCUT2D eigenvalue weighted by atomic mass is 9.88. The molecule has 6 heteroatoms. The molecule has 3 rings (SSSR count). The Labute approximate surface area is 168 Å². The number of aromatic hydroxyl groups is 2. The first-order valence-electron chi connectivity index (χ1n) is 8.98. The third kappa shape index (κ3) is 3.76. The Morgan fingerprint density at radius 3 is 2.39 bits per heavy atom. The molecule has 0 aliphatic rings. The van der Waals surface area contributed by atoms with Crippen molar-refractivity contribution in [2.45, 2.75) is 39.5 Å². The number of carbonyl (C=O) groups is 1. The third-order valence-corrected chi connectivity index (χ3v) is 4.86. The molecule has 0 spiro atoms. The molecule has 0 aliphatic carbocycles. The predicted molar refractivity (Wildman–Crippen MR) is 108 cm³/mol. The number of phenols is 2.